The molecule has 8 nitrogen and oxygen atoms in total. The molecule has 2 aliphatic heterocycles. The topological polar surface area (TPSA) is 85.0 Å². The number of hydrogen-bond acceptors (Lipinski definition) is 8. The second-order valence-corrected chi connectivity index (χ2v) is 17.5. The van der Waals surface area contributed by atoms with Crippen LogP contribution in [0.4, 0.5) is 11.4 Å². The van der Waals surface area contributed by atoms with Crippen molar-refractivity contribution in [3.05, 3.63) is 143 Å². The molecule has 5 aromatic carbocycles. The van der Waals surface area contributed by atoms with Crippen LogP contribution in [-0.2, 0) is 16.6 Å². The summed E-state index contributed by atoms with van der Waals surface area (Å²) >= 11 is 7.95. The largest absolute Gasteiger partial charge is 0.381 e. The molecule has 0 spiro atoms. The number of rotatable bonds is 15. The monoisotopic (exact) mass is 793 g/mol. The minimum atomic E-state index is -4.08. The van der Waals surface area contributed by atoms with Crippen molar-refractivity contribution in [3.8, 4) is 11.1 Å². The van der Waals surface area contributed by atoms with Crippen molar-refractivity contribution in [2.75, 3.05) is 61.8 Å². The van der Waals surface area contributed by atoms with E-state index in [0.29, 0.717) is 5.56 Å². The predicted molar refractivity (Wildman–Crippen MR) is 227 cm³/mol. The quantitative estimate of drug-likeness (QED) is 0.102. The van der Waals surface area contributed by atoms with Crippen molar-refractivity contribution in [1.82, 2.24) is 14.5 Å². The van der Waals surface area contributed by atoms with Gasteiger partial charge in [0.05, 0.1) is 4.90 Å². The molecule has 286 valence electrons. The first-order valence-electron chi connectivity index (χ1n) is 19.0. The number of aryl methyl sites for hydroxylation is 1. The van der Waals surface area contributed by atoms with E-state index in [1.807, 2.05) is 55.1 Å². The Labute approximate surface area is 334 Å². The lowest BCUT2D eigenvalue weighted by Gasteiger charge is -2.36. The Kier molecular flexibility index (Phi) is 12.8. The number of halogens is 1. The molecule has 2 saturated heterocycles. The second-order valence-electron chi connectivity index (χ2n) is 14.3. The molecule has 2 fully saturated rings. The van der Waals surface area contributed by atoms with E-state index in [9.17, 15) is 13.2 Å². The molecule has 0 saturated carbocycles. The third-order valence-corrected chi connectivity index (χ3v) is 13.2. The lowest BCUT2D eigenvalue weighted by atomic mass is 9.99. The third kappa shape index (κ3) is 10.3. The fourth-order valence-electron chi connectivity index (χ4n) is 7.08. The fourth-order valence-corrected chi connectivity index (χ4v) is 9.26. The molecule has 1 amide bonds. The second kappa shape index (κ2) is 18.1. The summed E-state index contributed by atoms with van der Waals surface area (Å²) in [6.45, 7) is 9.58. The van der Waals surface area contributed by atoms with Crippen LogP contribution in [0.15, 0.2) is 131 Å². The van der Waals surface area contributed by atoms with E-state index in [0.717, 1.165) is 92.1 Å². The Hall–Kier alpha value is -4.32. The van der Waals surface area contributed by atoms with Gasteiger partial charge in [-0.15, -0.1) is 11.8 Å². The van der Waals surface area contributed by atoms with Gasteiger partial charge in [0.2, 0.25) is 0 Å². The van der Waals surface area contributed by atoms with Gasteiger partial charge in [-0.2, -0.15) is 0 Å². The summed E-state index contributed by atoms with van der Waals surface area (Å²) < 4.78 is 29.1. The van der Waals surface area contributed by atoms with E-state index < -0.39 is 15.9 Å². The Morgan fingerprint density at radius 2 is 1.51 bits per heavy atom. The minimum absolute atomic E-state index is 0.0602. The van der Waals surface area contributed by atoms with Crippen LogP contribution in [0.2, 0.25) is 5.02 Å². The minimum Gasteiger partial charge on any atom is -0.381 e. The number of nitrogens with zero attached hydrogens (tertiary/aromatic N) is 3. The van der Waals surface area contributed by atoms with Gasteiger partial charge in [-0.1, -0.05) is 66.2 Å². The van der Waals surface area contributed by atoms with Gasteiger partial charge in [-0.05, 0) is 122 Å². The highest BCUT2D eigenvalue weighted by atomic mass is 35.5. The molecule has 1 atom stereocenters. The highest BCUT2D eigenvalue weighted by Gasteiger charge is 2.23. The van der Waals surface area contributed by atoms with E-state index in [4.69, 9.17) is 11.6 Å². The first-order valence-corrected chi connectivity index (χ1v) is 21.8. The van der Waals surface area contributed by atoms with Crippen molar-refractivity contribution in [1.29, 1.82) is 0 Å². The number of piperazine rings is 1. The fraction of sp³-hybridized carbons (Fsp3) is 0.295. The zero-order valence-corrected chi connectivity index (χ0v) is 33.6. The number of carbonyl (C=O) groups excluding carboxylic acids is 1. The molecule has 2 N–H and O–H groups in total. The summed E-state index contributed by atoms with van der Waals surface area (Å²) in [5, 5.41) is 4.41. The van der Waals surface area contributed by atoms with Crippen LogP contribution in [0.1, 0.15) is 34.3 Å². The van der Waals surface area contributed by atoms with E-state index >= 15 is 0 Å². The van der Waals surface area contributed by atoms with Crippen LogP contribution in [0.3, 0.4) is 0 Å². The molecule has 2 aliphatic rings. The molecule has 0 aromatic heterocycles. The highest BCUT2D eigenvalue weighted by Crippen LogP contribution is 2.28. The first-order chi connectivity index (χ1) is 26.7. The predicted octanol–water partition coefficient (Wildman–Crippen LogP) is 8.42. The van der Waals surface area contributed by atoms with E-state index in [2.05, 4.69) is 85.4 Å². The van der Waals surface area contributed by atoms with Gasteiger partial charge in [0.1, 0.15) is 0 Å². The number of thioether (sulfide) groups is 1. The molecule has 0 bridgehead atoms. The molecule has 2 heterocycles. The van der Waals surface area contributed by atoms with E-state index in [-0.39, 0.29) is 10.9 Å². The highest BCUT2D eigenvalue weighted by molar-refractivity contribution is 7.99. The van der Waals surface area contributed by atoms with Gasteiger partial charge < -0.3 is 15.1 Å². The van der Waals surface area contributed by atoms with Gasteiger partial charge in [-0.25, -0.2) is 13.1 Å². The lowest BCUT2D eigenvalue weighted by molar-refractivity contribution is 0.0981. The maximum Gasteiger partial charge on any atom is 0.264 e. The molecule has 5 aromatic rings. The van der Waals surface area contributed by atoms with Gasteiger partial charge in [0.25, 0.3) is 15.9 Å². The van der Waals surface area contributed by atoms with E-state index in [1.165, 1.54) is 22.4 Å². The summed E-state index contributed by atoms with van der Waals surface area (Å²) in [6.07, 6.45) is 2.25. The molecular formula is C44H48ClN5O3S2. The average molecular weight is 794 g/mol. The van der Waals surface area contributed by atoms with Crippen LogP contribution in [0, 0.1) is 6.92 Å². The summed E-state index contributed by atoms with van der Waals surface area (Å²) in [5.41, 5.74) is 6.65. The summed E-state index contributed by atoms with van der Waals surface area (Å²) in [4.78, 5) is 21.7. The number of benzene rings is 5. The van der Waals surface area contributed by atoms with E-state index in [1.54, 1.807) is 24.3 Å². The number of nitrogens with one attached hydrogen (secondary N) is 2. The SMILES string of the molecule is Cc1cc(S(=O)(=O)NC(=O)c2ccc(N3CCN(Cc4ccccc4-c4ccc(Cl)cc4)CC3)cc2)ccc1N[C@H](CCN1CCC1)CSc1ccccc1. The average Bonchev–Trinajstić information content (AvgIpc) is 3.18. The Morgan fingerprint density at radius 1 is 0.800 bits per heavy atom. The number of carbonyl (C=O) groups is 1. The van der Waals surface area contributed by atoms with Gasteiger partial charge >= 0.3 is 0 Å². The molecule has 55 heavy (non-hydrogen) atoms. The maximum absolute atomic E-state index is 13.4. The molecule has 0 radical (unpaired) electrons. The Morgan fingerprint density at radius 3 is 2.20 bits per heavy atom. The Bertz CT molecular complexity index is 2160. The van der Waals surface area contributed by atoms with Crippen LogP contribution in [-0.4, -0.2) is 81.7 Å². The number of hydrogen-bond donors (Lipinski definition) is 2. The van der Waals surface area contributed by atoms with Crippen molar-refractivity contribution in [3.63, 3.8) is 0 Å². The van der Waals surface area contributed by atoms with Gasteiger partial charge in [-0.3, -0.25) is 9.69 Å². The standard InChI is InChI=1S/C44H48ClN5O3S2/c1-33-30-41(20-21-43(33)46-38(22-25-48-23-7-24-48)32-54-40-9-3-2-4-10-40)55(52,53)47-44(51)35-14-18-39(19-15-35)50-28-26-49(27-29-50)31-36-8-5-6-11-42(36)34-12-16-37(45)17-13-34/h2-6,8-21,30,38,46H,7,22-29,31-32H2,1H3,(H,47,51)/t38-/m1/s1. The smallest absolute Gasteiger partial charge is 0.264 e. The molecular weight excluding hydrogens is 746 g/mol. The summed E-state index contributed by atoms with van der Waals surface area (Å²) in [7, 11) is -4.08. The van der Waals surface area contributed by atoms with Crippen molar-refractivity contribution < 1.29 is 13.2 Å². The number of likely N-dealkylation sites (tertiary alicyclic amines) is 1. The lowest BCUT2D eigenvalue weighted by Crippen LogP contribution is -2.46. The third-order valence-electron chi connectivity index (χ3n) is 10.5. The van der Waals surface area contributed by atoms with Crippen LogP contribution in [0.5, 0.6) is 0 Å². The molecule has 0 aliphatic carbocycles. The zero-order valence-electron chi connectivity index (χ0n) is 31.2. The maximum atomic E-state index is 13.4. The van der Waals surface area contributed by atoms with Gasteiger partial charge in [0.15, 0.2) is 0 Å². The van der Waals surface area contributed by atoms with Gasteiger partial charge in [0, 0.05) is 77.9 Å². The van der Waals surface area contributed by atoms with Crippen LogP contribution in [0.25, 0.3) is 11.1 Å². The Balaban J connectivity index is 0.924. The van der Waals surface area contributed by atoms with Crippen molar-refractivity contribution >= 4 is 50.7 Å². The molecule has 0 unspecified atom stereocenters. The van der Waals surface area contributed by atoms with Crippen LogP contribution >= 0.6 is 23.4 Å². The molecule has 11 heteroatoms. The van der Waals surface area contributed by atoms with Crippen LogP contribution < -0.4 is 14.9 Å². The summed E-state index contributed by atoms with van der Waals surface area (Å²) in [6, 6.07) is 39.3. The number of amides is 1. The van der Waals surface area contributed by atoms with Crippen molar-refractivity contribution in [2.24, 2.45) is 0 Å². The summed E-state index contributed by atoms with van der Waals surface area (Å²) in [5.74, 6) is 0.239. The molecule has 7 rings (SSSR count). The normalized spacial score (nSPS) is 15.6. The van der Waals surface area contributed by atoms with Crippen molar-refractivity contribution in [2.45, 2.75) is 42.1 Å². The number of sulfonamides is 1. The number of anilines is 2. The first kappa shape index (κ1) is 38.9. The zero-order chi connectivity index (χ0) is 38.2.